The quantitative estimate of drug-likeness (QED) is 0.637. The molecule has 0 radical (unpaired) electrons. The van der Waals surface area contributed by atoms with Gasteiger partial charge in [0.2, 0.25) is 11.8 Å². The lowest BCUT2D eigenvalue weighted by atomic mass is 10.1. The largest absolute Gasteiger partial charge is 0.465 e. The van der Waals surface area contributed by atoms with Gasteiger partial charge >= 0.3 is 6.09 Å². The molecule has 0 aromatic heterocycles. The molecule has 2 rings (SSSR count). The van der Waals surface area contributed by atoms with Crippen LogP contribution < -0.4 is 16.0 Å². The number of amides is 3. The molecule has 1 aliphatic heterocycles. The van der Waals surface area contributed by atoms with E-state index in [0.717, 1.165) is 6.42 Å². The Bertz CT molecular complexity index is 574. The Hall–Kier alpha value is -2.57. The van der Waals surface area contributed by atoms with E-state index < -0.39 is 18.0 Å². The summed E-state index contributed by atoms with van der Waals surface area (Å²) in [5, 5.41) is 16.5. The van der Waals surface area contributed by atoms with Crippen molar-refractivity contribution >= 4 is 29.3 Å². The molecule has 1 aromatic rings. The van der Waals surface area contributed by atoms with Gasteiger partial charge in [-0.1, -0.05) is 25.0 Å². The molecule has 4 N–H and O–H groups in total. The highest BCUT2D eigenvalue weighted by atomic mass is 16.4. The van der Waals surface area contributed by atoms with Crippen molar-refractivity contribution in [2.45, 2.75) is 38.1 Å². The monoisotopic (exact) mass is 305 g/mol. The van der Waals surface area contributed by atoms with Gasteiger partial charge in [0.25, 0.3) is 0 Å². The molecular weight excluding hydrogens is 286 g/mol. The Balaban J connectivity index is 2.22. The first-order valence-electron chi connectivity index (χ1n) is 7.25. The Labute approximate surface area is 128 Å². The van der Waals surface area contributed by atoms with Crippen molar-refractivity contribution in [3.63, 3.8) is 0 Å². The maximum absolute atomic E-state index is 12.3. The predicted octanol–water partition coefficient (Wildman–Crippen LogP) is 2.16. The Morgan fingerprint density at radius 1 is 1.09 bits per heavy atom. The van der Waals surface area contributed by atoms with E-state index in [0.29, 0.717) is 37.1 Å². The highest BCUT2D eigenvalue weighted by Gasteiger charge is 2.21. The van der Waals surface area contributed by atoms with E-state index in [-0.39, 0.29) is 5.91 Å². The van der Waals surface area contributed by atoms with Crippen LogP contribution in [0.1, 0.15) is 32.1 Å². The molecule has 118 valence electrons. The van der Waals surface area contributed by atoms with Crippen LogP contribution in [-0.4, -0.2) is 29.1 Å². The number of carboxylic acid groups (broad SMARTS) is 1. The van der Waals surface area contributed by atoms with E-state index in [2.05, 4.69) is 16.0 Å². The Morgan fingerprint density at radius 2 is 1.77 bits per heavy atom. The summed E-state index contributed by atoms with van der Waals surface area (Å²) in [4.78, 5) is 34.9. The van der Waals surface area contributed by atoms with Crippen molar-refractivity contribution in [3.8, 4) is 0 Å². The lowest BCUT2D eigenvalue weighted by Gasteiger charge is -2.19. The normalized spacial score (nSPS) is 19.7. The highest BCUT2D eigenvalue weighted by Crippen LogP contribution is 2.22. The van der Waals surface area contributed by atoms with Crippen LogP contribution in [0.3, 0.4) is 0 Å². The molecular formula is C15H19N3O4. The maximum atomic E-state index is 12.3. The van der Waals surface area contributed by atoms with Crippen LogP contribution in [0, 0.1) is 0 Å². The molecule has 7 heteroatoms. The van der Waals surface area contributed by atoms with Crippen molar-refractivity contribution in [2.24, 2.45) is 0 Å². The molecule has 0 aliphatic carbocycles. The number of hydrogen-bond acceptors (Lipinski definition) is 3. The highest BCUT2D eigenvalue weighted by molar-refractivity contribution is 6.02. The summed E-state index contributed by atoms with van der Waals surface area (Å²) < 4.78 is 0. The molecule has 0 fully saturated rings. The summed E-state index contributed by atoms with van der Waals surface area (Å²) in [5.41, 5.74) is 0.967. The zero-order valence-corrected chi connectivity index (χ0v) is 12.1. The third kappa shape index (κ3) is 4.47. The van der Waals surface area contributed by atoms with Gasteiger partial charge in [-0.3, -0.25) is 9.59 Å². The summed E-state index contributed by atoms with van der Waals surface area (Å²) in [7, 11) is 0. The van der Waals surface area contributed by atoms with Gasteiger partial charge in [0.05, 0.1) is 11.4 Å². The third-order valence-electron chi connectivity index (χ3n) is 3.47. The van der Waals surface area contributed by atoms with Crippen molar-refractivity contribution in [1.29, 1.82) is 0 Å². The topological polar surface area (TPSA) is 108 Å². The number of rotatable bonds is 1. The summed E-state index contributed by atoms with van der Waals surface area (Å²) in [6.07, 6.45) is 1.72. The molecule has 22 heavy (non-hydrogen) atoms. The van der Waals surface area contributed by atoms with Crippen LogP contribution in [0.15, 0.2) is 24.3 Å². The average Bonchev–Trinajstić information content (AvgIpc) is 2.46. The van der Waals surface area contributed by atoms with Gasteiger partial charge in [-0.25, -0.2) is 4.79 Å². The maximum Gasteiger partial charge on any atom is 0.405 e. The smallest absolute Gasteiger partial charge is 0.405 e. The molecule has 1 aromatic carbocycles. The van der Waals surface area contributed by atoms with E-state index in [1.807, 2.05) is 0 Å². The van der Waals surface area contributed by atoms with E-state index in [1.54, 1.807) is 24.3 Å². The number of anilines is 2. The van der Waals surface area contributed by atoms with Crippen LogP contribution in [0.5, 0.6) is 0 Å². The second-order valence-electron chi connectivity index (χ2n) is 5.18. The predicted molar refractivity (Wildman–Crippen MR) is 81.7 cm³/mol. The van der Waals surface area contributed by atoms with Gasteiger partial charge in [0.1, 0.15) is 6.04 Å². The van der Waals surface area contributed by atoms with Gasteiger partial charge in [0.15, 0.2) is 0 Å². The molecule has 7 nitrogen and oxygen atoms in total. The number of benzene rings is 1. The molecule has 0 bridgehead atoms. The molecule has 1 aliphatic rings. The zero-order chi connectivity index (χ0) is 15.9. The molecule has 0 saturated carbocycles. The van der Waals surface area contributed by atoms with Crippen molar-refractivity contribution < 1.29 is 19.5 Å². The van der Waals surface area contributed by atoms with Gasteiger partial charge in [0, 0.05) is 6.42 Å². The standard InChI is InChI=1S/C15H19N3O4/c19-13-9-3-1-2-8-12(18-15(21)22)14(20)17-11-7-5-4-6-10(11)16-13/h4-7,12,18H,1-3,8-9H2,(H,16,19)(H,17,20)(H,21,22). The van der Waals surface area contributed by atoms with Crippen LogP contribution in [0.2, 0.25) is 0 Å². The molecule has 0 spiro atoms. The fourth-order valence-electron chi connectivity index (χ4n) is 2.36. The lowest BCUT2D eigenvalue weighted by Crippen LogP contribution is -2.43. The summed E-state index contributed by atoms with van der Waals surface area (Å²) >= 11 is 0. The van der Waals surface area contributed by atoms with E-state index in [1.165, 1.54) is 0 Å². The molecule has 1 heterocycles. The van der Waals surface area contributed by atoms with Crippen molar-refractivity contribution in [3.05, 3.63) is 24.3 Å². The first-order valence-corrected chi connectivity index (χ1v) is 7.25. The molecule has 1 atom stereocenters. The van der Waals surface area contributed by atoms with E-state index in [4.69, 9.17) is 5.11 Å². The van der Waals surface area contributed by atoms with Gasteiger partial charge in [-0.05, 0) is 25.0 Å². The number of hydrogen-bond donors (Lipinski definition) is 4. The number of nitrogens with one attached hydrogen (secondary N) is 3. The fourth-order valence-corrected chi connectivity index (χ4v) is 2.36. The Kier molecular flexibility index (Phi) is 5.35. The fraction of sp³-hybridized carbons (Fsp3) is 0.400. The second-order valence-corrected chi connectivity index (χ2v) is 5.18. The van der Waals surface area contributed by atoms with Gasteiger partial charge in [-0.15, -0.1) is 0 Å². The van der Waals surface area contributed by atoms with Crippen molar-refractivity contribution in [2.75, 3.05) is 10.6 Å². The van der Waals surface area contributed by atoms with Crippen LogP contribution >= 0.6 is 0 Å². The minimum absolute atomic E-state index is 0.0949. The molecule has 0 saturated heterocycles. The number of carbonyl (C=O) groups is 3. The molecule has 1 unspecified atom stereocenters. The molecule has 3 amide bonds. The third-order valence-corrected chi connectivity index (χ3v) is 3.47. The van der Waals surface area contributed by atoms with Crippen LogP contribution in [0.25, 0.3) is 0 Å². The van der Waals surface area contributed by atoms with E-state index >= 15 is 0 Å². The zero-order valence-electron chi connectivity index (χ0n) is 12.1. The summed E-state index contributed by atoms with van der Waals surface area (Å²) in [5.74, 6) is -0.521. The van der Waals surface area contributed by atoms with Crippen molar-refractivity contribution in [1.82, 2.24) is 5.32 Å². The van der Waals surface area contributed by atoms with Crippen LogP contribution in [0.4, 0.5) is 16.2 Å². The average molecular weight is 305 g/mol. The summed E-state index contributed by atoms with van der Waals surface area (Å²) in [6.45, 7) is 0. The Morgan fingerprint density at radius 3 is 2.45 bits per heavy atom. The van der Waals surface area contributed by atoms with Gasteiger partial charge < -0.3 is 21.1 Å². The lowest BCUT2D eigenvalue weighted by molar-refractivity contribution is -0.118. The SMILES string of the molecule is O=C(O)NC1CCCCCC(=O)Nc2ccccc2NC1=O. The number of fused-ring (bicyclic) bond motifs is 1. The minimum atomic E-state index is -1.23. The summed E-state index contributed by atoms with van der Waals surface area (Å²) in [6, 6.07) is 6.04. The van der Waals surface area contributed by atoms with Crippen LogP contribution in [-0.2, 0) is 9.59 Å². The van der Waals surface area contributed by atoms with E-state index in [9.17, 15) is 14.4 Å². The van der Waals surface area contributed by atoms with Gasteiger partial charge in [-0.2, -0.15) is 0 Å². The number of para-hydroxylation sites is 2. The second kappa shape index (κ2) is 7.44. The number of carbonyl (C=O) groups excluding carboxylic acids is 2. The first-order chi connectivity index (χ1) is 10.6. The minimum Gasteiger partial charge on any atom is -0.465 e. The first kappa shape index (κ1) is 15.8.